The molecular weight excluding hydrogens is 760 g/mol. The number of nitrogens with one attached hydrogen (secondary N) is 6. The van der Waals surface area contributed by atoms with Crippen molar-refractivity contribution in [3.63, 3.8) is 0 Å². The van der Waals surface area contributed by atoms with Gasteiger partial charge in [-0.3, -0.25) is 15.0 Å². The Kier molecular flexibility index (Phi) is 11.1. The number of alkyl halides is 3. The Balaban J connectivity index is 0.000000180. The van der Waals surface area contributed by atoms with Gasteiger partial charge in [0, 0.05) is 77.7 Å². The molecule has 300 valence electrons. The number of Topliss-reactive ketones (excluding diaryl/α,β-unsaturated/α-hetero) is 1. The van der Waals surface area contributed by atoms with Gasteiger partial charge in [0.25, 0.3) is 0 Å². The molecule has 0 bridgehead atoms. The minimum Gasteiger partial charge on any atom is -0.399 e. The van der Waals surface area contributed by atoms with Crippen molar-refractivity contribution in [1.29, 1.82) is 0 Å². The van der Waals surface area contributed by atoms with Crippen molar-refractivity contribution in [3.8, 4) is 0 Å². The van der Waals surface area contributed by atoms with E-state index in [1.54, 1.807) is 48.8 Å². The number of halogens is 3. The SMILES string of the molecule is Nc1ccc(Nc2nccc(Nc3cc(C4CC4)[nH]n3)n2)cc1.O=C(Cc1ccc(Nc2nccc(Nc3cc(C4CC4)[nH]n3)n2)cc1)Cc1cccc(C(F)(F)F)c1. The minimum absolute atomic E-state index is 0.0598. The predicted molar refractivity (Wildman–Crippen MR) is 219 cm³/mol. The van der Waals surface area contributed by atoms with Crippen LogP contribution >= 0.6 is 0 Å². The summed E-state index contributed by atoms with van der Waals surface area (Å²) < 4.78 is 38.7. The molecule has 3 aromatic carbocycles. The van der Waals surface area contributed by atoms with Crippen LogP contribution in [0.2, 0.25) is 0 Å². The van der Waals surface area contributed by atoms with Crippen LogP contribution in [0.1, 0.15) is 65.6 Å². The van der Waals surface area contributed by atoms with Crippen molar-refractivity contribution in [2.24, 2.45) is 0 Å². The van der Waals surface area contributed by atoms with E-state index in [4.69, 9.17) is 5.73 Å². The zero-order chi connectivity index (χ0) is 40.8. The molecule has 0 radical (unpaired) electrons. The molecule has 2 aliphatic rings. The van der Waals surface area contributed by atoms with E-state index in [0.29, 0.717) is 46.7 Å². The van der Waals surface area contributed by atoms with Gasteiger partial charge in [-0.25, -0.2) is 9.97 Å². The predicted octanol–water partition coefficient (Wildman–Crippen LogP) is 9.08. The second kappa shape index (κ2) is 17.1. The number of ketones is 1. The first-order chi connectivity index (χ1) is 28.6. The largest absolute Gasteiger partial charge is 0.416 e. The van der Waals surface area contributed by atoms with Crippen LogP contribution in [0.3, 0.4) is 0 Å². The van der Waals surface area contributed by atoms with Crippen molar-refractivity contribution in [3.05, 3.63) is 138 Å². The average Bonchev–Trinajstić information content (AvgIpc) is 4.16. The Morgan fingerprint density at radius 3 is 1.64 bits per heavy atom. The summed E-state index contributed by atoms with van der Waals surface area (Å²) in [6.45, 7) is 0. The lowest BCUT2D eigenvalue weighted by Gasteiger charge is -2.09. The van der Waals surface area contributed by atoms with Gasteiger partial charge in [-0.1, -0.05) is 30.3 Å². The fourth-order valence-corrected chi connectivity index (χ4v) is 6.15. The number of H-pyrrole nitrogens is 2. The Hall–Kier alpha value is -7.30. The second-order valence-electron chi connectivity index (χ2n) is 14.4. The maximum absolute atomic E-state index is 12.9. The van der Waals surface area contributed by atoms with Gasteiger partial charge >= 0.3 is 6.18 Å². The summed E-state index contributed by atoms with van der Waals surface area (Å²) >= 11 is 0. The van der Waals surface area contributed by atoms with Gasteiger partial charge in [0.15, 0.2) is 11.6 Å². The number of nitrogens with zero attached hydrogens (tertiary/aromatic N) is 6. The van der Waals surface area contributed by atoms with Gasteiger partial charge < -0.3 is 27.0 Å². The number of carbonyl (C=O) groups excluding carboxylic acids is 1. The molecule has 9 rings (SSSR count). The summed E-state index contributed by atoms with van der Waals surface area (Å²) in [4.78, 5) is 29.8. The summed E-state index contributed by atoms with van der Waals surface area (Å²) in [7, 11) is 0. The molecule has 0 aliphatic heterocycles. The number of benzene rings is 3. The van der Waals surface area contributed by atoms with Gasteiger partial charge in [-0.15, -0.1) is 0 Å². The molecule has 0 saturated heterocycles. The van der Waals surface area contributed by atoms with E-state index < -0.39 is 11.7 Å². The summed E-state index contributed by atoms with van der Waals surface area (Å²) in [5.41, 5.74) is 10.7. The first-order valence-corrected chi connectivity index (χ1v) is 19.0. The van der Waals surface area contributed by atoms with Crippen molar-refractivity contribution < 1.29 is 18.0 Å². The fraction of sp³-hybridized carbons (Fsp3) is 0.214. The number of aromatic amines is 2. The number of nitrogen functional groups attached to an aromatic ring is 1. The van der Waals surface area contributed by atoms with Gasteiger partial charge in [0.1, 0.15) is 17.4 Å². The number of hydrogen-bond acceptors (Lipinski definition) is 12. The summed E-state index contributed by atoms with van der Waals surface area (Å²) in [5.74, 6) is 4.71. The van der Waals surface area contributed by atoms with Crippen molar-refractivity contribution in [1.82, 2.24) is 40.3 Å². The molecule has 0 amide bonds. The lowest BCUT2D eigenvalue weighted by Crippen LogP contribution is -2.09. The van der Waals surface area contributed by atoms with E-state index in [0.717, 1.165) is 46.3 Å². The molecular formula is C42H40F3N13O. The van der Waals surface area contributed by atoms with E-state index >= 15 is 0 Å². The average molecular weight is 800 g/mol. The first kappa shape index (κ1) is 38.6. The zero-order valence-corrected chi connectivity index (χ0v) is 31.6. The Bertz CT molecular complexity index is 2510. The third kappa shape index (κ3) is 11.0. The zero-order valence-electron chi connectivity index (χ0n) is 31.6. The highest BCUT2D eigenvalue weighted by atomic mass is 19.4. The third-order valence-corrected chi connectivity index (χ3v) is 9.49. The quantitative estimate of drug-likeness (QED) is 0.0516. The molecule has 0 atom stereocenters. The topological polar surface area (TPSA) is 200 Å². The van der Waals surface area contributed by atoms with E-state index in [1.165, 1.54) is 43.5 Å². The lowest BCUT2D eigenvalue weighted by molar-refractivity contribution is -0.137. The van der Waals surface area contributed by atoms with Crippen LogP contribution in [0.15, 0.2) is 109 Å². The molecule has 0 spiro atoms. The van der Waals surface area contributed by atoms with Gasteiger partial charge in [0.05, 0.1) is 5.56 Å². The van der Waals surface area contributed by atoms with Crippen LogP contribution in [0, 0.1) is 0 Å². The van der Waals surface area contributed by atoms with Gasteiger partial charge in [-0.05, 0) is 91.4 Å². The highest BCUT2D eigenvalue weighted by molar-refractivity contribution is 5.83. The normalized spacial score (nSPS) is 13.5. The minimum atomic E-state index is -4.43. The standard InChI is InChI=1S/C26H23F3N6O.C16H17N7/c27-26(28,29)19-3-1-2-17(12-19)14-21(36)13-16-4-8-20(9-5-16)31-25-30-11-10-23(33-25)32-24-15-22(34-35-24)18-6-7-18;17-11-3-5-12(6-4-11)19-16-18-8-7-14(21-16)20-15-9-13(22-23-15)10-1-2-10/h1-5,8-12,15,18H,6-7,13-14H2,(H3,30,31,32,33,34,35);3-10H,1-2,17H2,(H3,18,19,20,21,22,23). The van der Waals surface area contributed by atoms with Crippen LogP contribution in [0.5, 0.6) is 0 Å². The number of anilines is 9. The molecule has 8 N–H and O–H groups in total. The molecule has 17 heteroatoms. The number of rotatable bonds is 14. The van der Waals surface area contributed by atoms with Gasteiger partial charge in [-0.2, -0.15) is 33.3 Å². The van der Waals surface area contributed by atoms with Crippen LogP contribution in [0.25, 0.3) is 0 Å². The fourth-order valence-electron chi connectivity index (χ4n) is 6.15. The Labute approximate surface area is 336 Å². The maximum atomic E-state index is 12.9. The van der Waals surface area contributed by atoms with Crippen molar-refractivity contribution in [2.45, 2.75) is 56.5 Å². The summed E-state index contributed by atoms with van der Waals surface area (Å²) in [6.07, 6.45) is 3.82. The molecule has 0 unspecified atom stereocenters. The molecule has 7 aromatic rings. The number of hydrogen-bond donors (Lipinski definition) is 7. The van der Waals surface area contributed by atoms with Gasteiger partial charge in [0.2, 0.25) is 11.9 Å². The highest BCUT2D eigenvalue weighted by Crippen LogP contribution is 2.40. The van der Waals surface area contributed by atoms with E-state index in [9.17, 15) is 18.0 Å². The maximum Gasteiger partial charge on any atom is 0.416 e. The number of carbonyl (C=O) groups is 1. The molecule has 4 heterocycles. The van der Waals surface area contributed by atoms with Crippen molar-refractivity contribution >= 4 is 58.0 Å². The lowest BCUT2D eigenvalue weighted by atomic mass is 10.0. The Morgan fingerprint density at radius 1 is 0.627 bits per heavy atom. The van der Waals surface area contributed by atoms with E-state index in [1.807, 2.05) is 36.4 Å². The molecule has 2 saturated carbocycles. The van der Waals surface area contributed by atoms with Crippen LogP contribution in [-0.4, -0.2) is 46.1 Å². The molecule has 14 nitrogen and oxygen atoms in total. The number of nitrogens with two attached hydrogens (primary N) is 1. The molecule has 2 fully saturated rings. The van der Waals surface area contributed by atoms with Crippen LogP contribution in [0.4, 0.5) is 65.4 Å². The molecule has 59 heavy (non-hydrogen) atoms. The third-order valence-electron chi connectivity index (χ3n) is 9.49. The van der Waals surface area contributed by atoms with E-state index in [2.05, 4.69) is 61.6 Å². The highest BCUT2D eigenvalue weighted by Gasteiger charge is 2.30. The van der Waals surface area contributed by atoms with E-state index in [-0.39, 0.29) is 18.6 Å². The Morgan fingerprint density at radius 2 is 1.14 bits per heavy atom. The summed E-state index contributed by atoms with van der Waals surface area (Å²) in [5, 5.41) is 27.3. The van der Waals surface area contributed by atoms with Crippen LogP contribution in [-0.2, 0) is 23.8 Å². The molecule has 4 aromatic heterocycles. The number of aromatic nitrogens is 8. The first-order valence-electron chi connectivity index (χ1n) is 19.0. The summed E-state index contributed by atoms with van der Waals surface area (Å²) in [6, 6.07) is 27.0. The molecule has 2 aliphatic carbocycles. The monoisotopic (exact) mass is 799 g/mol. The van der Waals surface area contributed by atoms with Crippen LogP contribution < -0.4 is 27.0 Å². The smallest absolute Gasteiger partial charge is 0.399 e. The second-order valence-corrected chi connectivity index (χ2v) is 14.4. The van der Waals surface area contributed by atoms with Crippen molar-refractivity contribution in [2.75, 3.05) is 27.0 Å².